The highest BCUT2D eigenvalue weighted by molar-refractivity contribution is 5.85. The lowest BCUT2D eigenvalue weighted by atomic mass is 9.95. The van der Waals surface area contributed by atoms with Crippen molar-refractivity contribution in [3.63, 3.8) is 0 Å². The van der Waals surface area contributed by atoms with Crippen LogP contribution >= 0.6 is 0 Å². The average Bonchev–Trinajstić information content (AvgIpc) is 3.88. The molecular weight excluding hydrogens is 872 g/mol. The maximum absolute atomic E-state index is 16.4. The first-order chi connectivity index (χ1) is 32.5. The van der Waals surface area contributed by atoms with Crippen LogP contribution in [0.25, 0.3) is 10.9 Å². The second-order valence-electron chi connectivity index (χ2n) is 16.6. The van der Waals surface area contributed by atoms with Crippen LogP contribution in [0.15, 0.2) is 78.9 Å². The quantitative estimate of drug-likeness (QED) is 0.0765. The number of aromatic nitrogens is 3. The molecule has 3 atom stereocenters. The highest BCUT2D eigenvalue weighted by atomic mass is 19.1. The van der Waals surface area contributed by atoms with Gasteiger partial charge >= 0.3 is 6.01 Å². The van der Waals surface area contributed by atoms with Crippen molar-refractivity contribution >= 4 is 16.7 Å². The van der Waals surface area contributed by atoms with Crippen molar-refractivity contribution in [2.45, 2.75) is 69.8 Å². The van der Waals surface area contributed by atoms with E-state index in [1.807, 2.05) is 29.2 Å². The summed E-state index contributed by atoms with van der Waals surface area (Å²) in [5.74, 6) is 1.27. The lowest BCUT2D eigenvalue weighted by Crippen LogP contribution is -2.43. The van der Waals surface area contributed by atoms with Gasteiger partial charge in [0.2, 0.25) is 5.88 Å². The SMILES string of the molecule is COc1ccc(COc2nc(OCC34CCCN3C[C@H](F)C4)nc(CC(O)c3c(F)cc(F)c4ccc(N(Cc5ccc(OC)cc5OC)Cc5ccc(OC)cc5OC)nc34)c2CO)cc1. The molecule has 2 N–H and O–H groups in total. The lowest BCUT2D eigenvalue weighted by Gasteiger charge is -2.31. The van der Waals surface area contributed by atoms with Gasteiger partial charge in [-0.15, -0.1) is 0 Å². The smallest absolute Gasteiger partial charge is 0.320 e. The zero-order valence-corrected chi connectivity index (χ0v) is 38.1. The number of hydrogen-bond acceptors (Lipinski definition) is 14. The van der Waals surface area contributed by atoms with Gasteiger partial charge in [0.25, 0.3) is 0 Å². The minimum atomic E-state index is -1.68. The number of hydrogen-bond donors (Lipinski definition) is 2. The number of nitrogens with zero attached hydrogens (tertiary/aromatic N) is 5. The van der Waals surface area contributed by atoms with Crippen LogP contribution in [-0.4, -0.2) is 97.0 Å². The van der Waals surface area contributed by atoms with Gasteiger partial charge in [-0.25, -0.2) is 18.2 Å². The van der Waals surface area contributed by atoms with Gasteiger partial charge in [0.05, 0.1) is 70.6 Å². The van der Waals surface area contributed by atoms with Crippen molar-refractivity contribution in [3.05, 3.63) is 124 Å². The zero-order chi connectivity index (χ0) is 47.2. The molecule has 354 valence electrons. The van der Waals surface area contributed by atoms with Gasteiger partial charge in [0, 0.05) is 72.8 Å². The maximum Gasteiger partial charge on any atom is 0.320 e. The molecule has 0 aliphatic carbocycles. The summed E-state index contributed by atoms with van der Waals surface area (Å²) in [4.78, 5) is 18.0. The molecule has 14 nitrogen and oxygen atoms in total. The fourth-order valence-corrected chi connectivity index (χ4v) is 9.12. The number of halogens is 3. The number of methoxy groups -OCH3 is 5. The highest BCUT2D eigenvalue weighted by Gasteiger charge is 2.49. The third kappa shape index (κ3) is 10.1. The molecule has 0 bridgehead atoms. The van der Waals surface area contributed by atoms with Gasteiger partial charge in [-0.1, -0.05) is 12.1 Å². The van der Waals surface area contributed by atoms with Crippen molar-refractivity contribution in [3.8, 4) is 40.6 Å². The van der Waals surface area contributed by atoms with Gasteiger partial charge in [0.15, 0.2) is 0 Å². The standard InChI is InChI=1S/C50H54F3N5O9/c1-61-34-11-7-30(8-12-34)28-66-48-38(27-59)41(54-49(56-48)67-29-50-17-6-18-58(50)26-33(51)23-50)22-42(60)46-40(53)21-39(52)37-15-16-45(55-47(37)46)57(24-31-9-13-35(62-2)19-43(31)64-4)25-32-10-14-36(63-3)20-44(32)65-5/h7-16,19-21,33,42,59-60H,6,17-18,22-29H2,1-5H3/t33-,42?,50?/m1/s1. The molecule has 2 aromatic heterocycles. The predicted molar refractivity (Wildman–Crippen MR) is 243 cm³/mol. The Morgan fingerprint density at radius 3 is 2.06 bits per heavy atom. The summed E-state index contributed by atoms with van der Waals surface area (Å²) in [6.45, 7) is 0.998. The van der Waals surface area contributed by atoms with E-state index in [0.29, 0.717) is 53.6 Å². The molecule has 4 heterocycles. The largest absolute Gasteiger partial charge is 0.497 e. The van der Waals surface area contributed by atoms with Crippen LogP contribution in [0.4, 0.5) is 19.0 Å². The molecule has 67 heavy (non-hydrogen) atoms. The highest BCUT2D eigenvalue weighted by Crippen LogP contribution is 2.41. The Labute approximate surface area is 386 Å². The van der Waals surface area contributed by atoms with Crippen molar-refractivity contribution in [1.82, 2.24) is 19.9 Å². The van der Waals surface area contributed by atoms with E-state index >= 15 is 8.78 Å². The van der Waals surface area contributed by atoms with Gasteiger partial charge in [-0.05, 0) is 73.5 Å². The number of pyridine rings is 1. The first kappa shape index (κ1) is 47.0. The van der Waals surface area contributed by atoms with Gasteiger partial charge in [-0.2, -0.15) is 9.97 Å². The van der Waals surface area contributed by atoms with Crippen LogP contribution in [0.2, 0.25) is 0 Å². The second-order valence-corrected chi connectivity index (χ2v) is 16.6. The molecular formula is C50H54F3N5O9. The van der Waals surface area contributed by atoms with Gasteiger partial charge in [0.1, 0.15) is 65.6 Å². The third-order valence-electron chi connectivity index (χ3n) is 12.6. The number of alkyl halides is 1. The van der Waals surface area contributed by atoms with Crippen molar-refractivity contribution in [2.75, 3.05) is 60.1 Å². The fraction of sp³-hybridized carbons (Fsp3) is 0.380. The summed E-state index contributed by atoms with van der Waals surface area (Å²) in [5.41, 5.74) is 1.52. The van der Waals surface area contributed by atoms with Crippen LogP contribution in [0.5, 0.6) is 40.6 Å². The Balaban J connectivity index is 1.17. The van der Waals surface area contributed by atoms with Crippen LogP contribution in [0.1, 0.15) is 58.9 Å². The van der Waals surface area contributed by atoms with E-state index < -0.39 is 42.5 Å². The topological polar surface area (TPSA) is 150 Å². The molecule has 17 heteroatoms. The van der Waals surface area contributed by atoms with Crippen LogP contribution in [0, 0.1) is 11.6 Å². The van der Waals surface area contributed by atoms with Crippen LogP contribution in [-0.2, 0) is 32.7 Å². The number of fused-ring (bicyclic) bond motifs is 2. The Kier molecular flexibility index (Phi) is 14.4. The Hall–Kier alpha value is -6.56. The molecule has 0 radical (unpaired) electrons. The first-order valence-corrected chi connectivity index (χ1v) is 21.9. The number of rotatable bonds is 20. The third-order valence-corrected chi connectivity index (χ3v) is 12.6. The molecule has 0 saturated carbocycles. The summed E-state index contributed by atoms with van der Waals surface area (Å²) in [7, 11) is 7.77. The fourth-order valence-electron chi connectivity index (χ4n) is 9.12. The van der Waals surface area contributed by atoms with E-state index in [1.54, 1.807) is 78.0 Å². The summed E-state index contributed by atoms with van der Waals surface area (Å²) < 4.78 is 86.9. The van der Waals surface area contributed by atoms with E-state index in [2.05, 4.69) is 14.9 Å². The molecule has 2 saturated heterocycles. The second kappa shape index (κ2) is 20.5. The van der Waals surface area contributed by atoms with Gasteiger partial charge < -0.3 is 48.3 Å². The summed E-state index contributed by atoms with van der Waals surface area (Å²) in [6, 6.07) is 21.7. The average molecular weight is 926 g/mol. The van der Waals surface area contributed by atoms with E-state index in [4.69, 9.17) is 38.1 Å². The van der Waals surface area contributed by atoms with Crippen molar-refractivity contribution in [1.29, 1.82) is 0 Å². The number of benzene rings is 4. The Morgan fingerprint density at radius 1 is 0.776 bits per heavy atom. The molecule has 4 aromatic carbocycles. The molecule has 8 rings (SSSR count). The molecule has 0 amide bonds. The number of aliphatic hydroxyl groups excluding tert-OH is 2. The summed E-state index contributed by atoms with van der Waals surface area (Å²) in [6.07, 6.45) is -1.14. The van der Waals surface area contributed by atoms with Crippen LogP contribution < -0.4 is 38.1 Å². The van der Waals surface area contributed by atoms with E-state index in [9.17, 15) is 14.6 Å². The minimum absolute atomic E-state index is 0.0236. The number of anilines is 1. The summed E-state index contributed by atoms with van der Waals surface area (Å²) >= 11 is 0. The minimum Gasteiger partial charge on any atom is -0.497 e. The molecule has 0 spiro atoms. The van der Waals surface area contributed by atoms with Gasteiger partial charge in [-0.3, -0.25) is 4.90 Å². The molecule has 2 aliphatic rings. The molecule has 6 aromatic rings. The summed E-state index contributed by atoms with van der Waals surface area (Å²) in [5, 5.41) is 22.9. The normalized spacial score (nSPS) is 17.3. The molecule has 2 unspecified atom stereocenters. The Morgan fingerprint density at radius 2 is 1.43 bits per heavy atom. The molecule has 2 fully saturated rings. The predicted octanol–water partition coefficient (Wildman–Crippen LogP) is 7.86. The lowest BCUT2D eigenvalue weighted by molar-refractivity contribution is 0.105. The van der Waals surface area contributed by atoms with Crippen molar-refractivity contribution < 1.29 is 56.5 Å². The maximum atomic E-state index is 16.4. The van der Waals surface area contributed by atoms with Crippen LogP contribution in [0.3, 0.4) is 0 Å². The van der Waals surface area contributed by atoms with E-state index in [1.165, 1.54) is 6.07 Å². The van der Waals surface area contributed by atoms with E-state index in [0.717, 1.165) is 36.1 Å². The van der Waals surface area contributed by atoms with E-state index in [-0.39, 0.29) is 65.9 Å². The van der Waals surface area contributed by atoms with Crippen molar-refractivity contribution in [2.24, 2.45) is 0 Å². The molecule has 2 aliphatic heterocycles. The first-order valence-electron chi connectivity index (χ1n) is 21.9. The zero-order valence-electron chi connectivity index (χ0n) is 38.1. The monoisotopic (exact) mass is 925 g/mol. The Bertz CT molecular complexity index is 2640. The number of aliphatic hydroxyl groups is 2. The number of ether oxygens (including phenoxy) is 7.